The maximum atomic E-state index is 12.2. The largest absolute Gasteiger partial charge is 0.497 e. The summed E-state index contributed by atoms with van der Waals surface area (Å²) in [5.41, 5.74) is 2.18. The SMILES string of the molecule is COc1cccc(NC(=O)c2ccc(-n3cccn3)cc2)c1. The van der Waals surface area contributed by atoms with Crippen LogP contribution in [0.1, 0.15) is 10.4 Å². The van der Waals surface area contributed by atoms with Crippen molar-refractivity contribution in [1.29, 1.82) is 0 Å². The molecule has 0 saturated heterocycles. The van der Waals surface area contributed by atoms with Gasteiger partial charge in [-0.1, -0.05) is 6.07 Å². The number of methoxy groups -OCH3 is 1. The summed E-state index contributed by atoms with van der Waals surface area (Å²) in [5.74, 6) is 0.534. The zero-order valence-corrected chi connectivity index (χ0v) is 12.1. The van der Waals surface area contributed by atoms with Crippen LogP contribution >= 0.6 is 0 Å². The number of ether oxygens (including phenoxy) is 1. The number of hydrogen-bond acceptors (Lipinski definition) is 3. The summed E-state index contributed by atoms with van der Waals surface area (Å²) in [6.45, 7) is 0. The zero-order chi connectivity index (χ0) is 15.4. The van der Waals surface area contributed by atoms with Gasteiger partial charge in [-0.2, -0.15) is 5.10 Å². The van der Waals surface area contributed by atoms with Crippen molar-refractivity contribution in [2.75, 3.05) is 12.4 Å². The molecule has 0 atom stereocenters. The molecule has 22 heavy (non-hydrogen) atoms. The van der Waals surface area contributed by atoms with E-state index in [1.54, 1.807) is 36.2 Å². The molecule has 3 aromatic rings. The van der Waals surface area contributed by atoms with E-state index in [1.807, 2.05) is 42.6 Å². The number of aromatic nitrogens is 2. The fourth-order valence-electron chi connectivity index (χ4n) is 2.09. The van der Waals surface area contributed by atoms with Gasteiger partial charge in [-0.05, 0) is 42.5 Å². The van der Waals surface area contributed by atoms with Crippen molar-refractivity contribution in [3.05, 3.63) is 72.6 Å². The lowest BCUT2D eigenvalue weighted by atomic mass is 10.2. The maximum absolute atomic E-state index is 12.2. The van der Waals surface area contributed by atoms with Gasteiger partial charge in [0.05, 0.1) is 12.8 Å². The Balaban J connectivity index is 1.74. The van der Waals surface area contributed by atoms with Gasteiger partial charge in [0, 0.05) is 29.7 Å². The molecule has 0 spiro atoms. The smallest absolute Gasteiger partial charge is 0.255 e. The minimum atomic E-state index is -0.166. The van der Waals surface area contributed by atoms with Gasteiger partial charge < -0.3 is 10.1 Å². The Morgan fingerprint density at radius 2 is 1.95 bits per heavy atom. The molecule has 0 aliphatic rings. The molecule has 1 heterocycles. The standard InChI is InChI=1S/C17H15N3O2/c1-22-16-5-2-4-14(12-16)19-17(21)13-6-8-15(9-7-13)20-11-3-10-18-20/h2-12H,1H3,(H,19,21). The summed E-state index contributed by atoms with van der Waals surface area (Å²) in [7, 11) is 1.59. The Labute approximate surface area is 128 Å². The molecule has 0 aliphatic heterocycles. The number of nitrogens with zero attached hydrogens (tertiary/aromatic N) is 2. The maximum Gasteiger partial charge on any atom is 0.255 e. The molecular weight excluding hydrogens is 278 g/mol. The lowest BCUT2D eigenvalue weighted by Gasteiger charge is -2.08. The van der Waals surface area contributed by atoms with E-state index in [2.05, 4.69) is 10.4 Å². The minimum absolute atomic E-state index is 0.166. The molecule has 3 rings (SSSR count). The highest BCUT2D eigenvalue weighted by atomic mass is 16.5. The predicted molar refractivity (Wildman–Crippen MR) is 84.5 cm³/mol. The van der Waals surface area contributed by atoms with Gasteiger partial charge in [0.2, 0.25) is 0 Å². The van der Waals surface area contributed by atoms with Crippen molar-refractivity contribution in [3.8, 4) is 11.4 Å². The molecule has 1 N–H and O–H groups in total. The van der Waals surface area contributed by atoms with Crippen LogP contribution in [0.15, 0.2) is 67.0 Å². The number of hydrogen-bond donors (Lipinski definition) is 1. The molecule has 0 radical (unpaired) electrons. The Bertz CT molecular complexity index is 765. The Hall–Kier alpha value is -3.08. The third kappa shape index (κ3) is 2.98. The topological polar surface area (TPSA) is 56.1 Å². The Morgan fingerprint density at radius 1 is 1.14 bits per heavy atom. The van der Waals surface area contributed by atoms with E-state index in [9.17, 15) is 4.79 Å². The highest BCUT2D eigenvalue weighted by Gasteiger charge is 2.07. The highest BCUT2D eigenvalue weighted by molar-refractivity contribution is 6.04. The number of benzene rings is 2. The Morgan fingerprint density at radius 3 is 2.64 bits per heavy atom. The fraction of sp³-hybridized carbons (Fsp3) is 0.0588. The first-order chi connectivity index (χ1) is 10.8. The molecule has 1 amide bonds. The molecule has 0 aliphatic carbocycles. The summed E-state index contributed by atoms with van der Waals surface area (Å²) in [6.07, 6.45) is 3.56. The van der Waals surface area contributed by atoms with Crippen molar-refractivity contribution in [2.45, 2.75) is 0 Å². The van der Waals surface area contributed by atoms with Crippen LogP contribution in [-0.2, 0) is 0 Å². The number of amides is 1. The quantitative estimate of drug-likeness (QED) is 0.804. The van der Waals surface area contributed by atoms with E-state index < -0.39 is 0 Å². The van der Waals surface area contributed by atoms with Crippen molar-refractivity contribution < 1.29 is 9.53 Å². The second kappa shape index (κ2) is 6.13. The highest BCUT2D eigenvalue weighted by Crippen LogP contribution is 2.18. The van der Waals surface area contributed by atoms with Crippen LogP contribution in [0.3, 0.4) is 0 Å². The number of rotatable bonds is 4. The average molecular weight is 293 g/mol. The van der Waals surface area contributed by atoms with Crippen LogP contribution in [-0.4, -0.2) is 22.8 Å². The molecule has 0 unspecified atom stereocenters. The number of carbonyl (C=O) groups excluding carboxylic acids is 1. The van der Waals surface area contributed by atoms with Crippen LogP contribution in [0.25, 0.3) is 5.69 Å². The normalized spacial score (nSPS) is 10.2. The molecule has 0 bridgehead atoms. The fourth-order valence-corrected chi connectivity index (χ4v) is 2.09. The van der Waals surface area contributed by atoms with Crippen LogP contribution in [0.2, 0.25) is 0 Å². The van der Waals surface area contributed by atoms with Crippen LogP contribution in [0.5, 0.6) is 5.75 Å². The van der Waals surface area contributed by atoms with Gasteiger partial charge in [-0.3, -0.25) is 4.79 Å². The first-order valence-corrected chi connectivity index (χ1v) is 6.82. The Kier molecular flexibility index (Phi) is 3.87. The number of carbonyl (C=O) groups is 1. The van der Waals surface area contributed by atoms with Crippen molar-refractivity contribution in [1.82, 2.24) is 9.78 Å². The van der Waals surface area contributed by atoms with Crippen molar-refractivity contribution >= 4 is 11.6 Å². The van der Waals surface area contributed by atoms with Crippen LogP contribution in [0, 0.1) is 0 Å². The first kappa shape index (κ1) is 13.9. The average Bonchev–Trinajstić information content (AvgIpc) is 3.09. The summed E-state index contributed by atoms with van der Waals surface area (Å²) in [4.78, 5) is 12.2. The van der Waals surface area contributed by atoms with Gasteiger partial charge in [0.1, 0.15) is 5.75 Å². The van der Waals surface area contributed by atoms with E-state index in [1.165, 1.54) is 0 Å². The predicted octanol–water partition coefficient (Wildman–Crippen LogP) is 3.13. The molecule has 1 aromatic heterocycles. The third-order valence-corrected chi connectivity index (χ3v) is 3.23. The van der Waals surface area contributed by atoms with Gasteiger partial charge in [-0.25, -0.2) is 4.68 Å². The molecule has 0 saturated carbocycles. The van der Waals surface area contributed by atoms with E-state index >= 15 is 0 Å². The molecule has 110 valence electrons. The molecule has 5 nitrogen and oxygen atoms in total. The second-order valence-electron chi connectivity index (χ2n) is 4.68. The number of anilines is 1. The van der Waals surface area contributed by atoms with Gasteiger partial charge >= 0.3 is 0 Å². The molecule has 2 aromatic carbocycles. The van der Waals surface area contributed by atoms with E-state index in [-0.39, 0.29) is 5.91 Å². The lowest BCUT2D eigenvalue weighted by molar-refractivity contribution is 0.102. The van der Waals surface area contributed by atoms with E-state index in [4.69, 9.17) is 4.74 Å². The zero-order valence-electron chi connectivity index (χ0n) is 12.1. The lowest BCUT2D eigenvalue weighted by Crippen LogP contribution is -2.12. The second-order valence-corrected chi connectivity index (χ2v) is 4.68. The summed E-state index contributed by atoms with van der Waals surface area (Å²) in [5, 5.41) is 7.00. The summed E-state index contributed by atoms with van der Waals surface area (Å²) >= 11 is 0. The first-order valence-electron chi connectivity index (χ1n) is 6.82. The van der Waals surface area contributed by atoms with Gasteiger partial charge in [-0.15, -0.1) is 0 Å². The van der Waals surface area contributed by atoms with Crippen molar-refractivity contribution in [2.24, 2.45) is 0 Å². The van der Waals surface area contributed by atoms with Crippen LogP contribution < -0.4 is 10.1 Å². The van der Waals surface area contributed by atoms with Gasteiger partial charge in [0.25, 0.3) is 5.91 Å². The van der Waals surface area contributed by atoms with Gasteiger partial charge in [0.15, 0.2) is 0 Å². The van der Waals surface area contributed by atoms with E-state index in [0.717, 1.165) is 5.69 Å². The molecular formula is C17H15N3O2. The third-order valence-electron chi connectivity index (χ3n) is 3.23. The molecule has 5 heteroatoms. The monoisotopic (exact) mass is 293 g/mol. The van der Waals surface area contributed by atoms with E-state index in [0.29, 0.717) is 17.0 Å². The van der Waals surface area contributed by atoms with Crippen molar-refractivity contribution in [3.63, 3.8) is 0 Å². The van der Waals surface area contributed by atoms with Crippen LogP contribution in [0.4, 0.5) is 5.69 Å². The number of nitrogens with one attached hydrogen (secondary N) is 1. The summed E-state index contributed by atoms with van der Waals surface area (Å²) < 4.78 is 6.88. The molecule has 0 fully saturated rings. The minimum Gasteiger partial charge on any atom is -0.497 e. The summed E-state index contributed by atoms with van der Waals surface area (Å²) in [6, 6.07) is 16.3.